The predicted molar refractivity (Wildman–Crippen MR) is 240 cm³/mol. The molecule has 0 aliphatic carbocycles. The number of nitrogens with zero attached hydrogens (tertiary/aromatic N) is 4. The number of rotatable bonds is 12. The van der Waals surface area contributed by atoms with Crippen molar-refractivity contribution < 1.29 is 47.7 Å². The molecule has 0 saturated carbocycles. The molecule has 2 aromatic carbocycles. The van der Waals surface area contributed by atoms with Crippen LogP contribution in [0.25, 0.3) is 11.0 Å². The molecule has 2 amide bonds. The quantitative estimate of drug-likeness (QED) is 0.0584. The van der Waals surface area contributed by atoms with Crippen LogP contribution in [0.2, 0.25) is 0 Å². The lowest BCUT2D eigenvalue weighted by Crippen LogP contribution is -2.43. The third-order valence-electron chi connectivity index (χ3n) is 9.99. The zero-order valence-corrected chi connectivity index (χ0v) is 38.5. The molecule has 1 aromatic heterocycles. The van der Waals surface area contributed by atoms with Crippen LogP contribution >= 0.6 is 0 Å². The van der Waals surface area contributed by atoms with E-state index in [0.29, 0.717) is 56.1 Å². The minimum atomic E-state index is -0.526. The van der Waals surface area contributed by atoms with E-state index >= 15 is 0 Å². The van der Waals surface area contributed by atoms with Crippen LogP contribution in [0.4, 0.5) is 21.0 Å². The van der Waals surface area contributed by atoms with Gasteiger partial charge in [-0.05, 0) is 116 Å². The fourth-order valence-electron chi connectivity index (χ4n) is 6.95. The molecule has 3 heterocycles. The molecule has 2 fully saturated rings. The van der Waals surface area contributed by atoms with Crippen LogP contribution in [0.1, 0.15) is 126 Å². The number of ether oxygens (including phenoxy) is 5. The molecule has 0 spiro atoms. The Balaban J connectivity index is 0.000000277. The number of nitrogen functional groups attached to an aromatic ring is 1. The Bertz CT molecular complexity index is 1930. The van der Waals surface area contributed by atoms with E-state index in [0.717, 1.165) is 80.3 Å². The number of unbranched alkanes of at least 4 members (excludes halogenated alkanes) is 1. The Morgan fingerprint density at radius 2 is 1.40 bits per heavy atom. The number of hydrogen-bond donors (Lipinski definition) is 2. The summed E-state index contributed by atoms with van der Waals surface area (Å²) < 4.78 is 27.7. The SMILES string of the molecule is CC(C)(C)OC(=O)N1CCC[C@@H](C=O)C1.CCCCNc1cc(C(=O)OC)ccc1N.COCCCn1c(C2CCCN(C(=O)OC(C)(C)C)C2)nc2ccc(C(=O)OC)cc21. The van der Waals surface area contributed by atoms with E-state index in [2.05, 4.69) is 21.5 Å². The first-order valence-corrected chi connectivity index (χ1v) is 21.5. The third-order valence-corrected chi connectivity index (χ3v) is 9.99. The van der Waals surface area contributed by atoms with Gasteiger partial charge in [-0.3, -0.25) is 0 Å². The van der Waals surface area contributed by atoms with Crippen molar-refractivity contribution in [3.63, 3.8) is 0 Å². The second-order valence-corrected chi connectivity index (χ2v) is 17.5. The first-order valence-electron chi connectivity index (χ1n) is 21.5. The molecular formula is C46H70N6O10. The highest BCUT2D eigenvalue weighted by Crippen LogP contribution is 2.31. The molecule has 62 heavy (non-hydrogen) atoms. The van der Waals surface area contributed by atoms with Crippen LogP contribution < -0.4 is 11.1 Å². The van der Waals surface area contributed by atoms with E-state index in [1.165, 1.54) is 14.2 Å². The number of piperidine rings is 2. The summed E-state index contributed by atoms with van der Waals surface area (Å²) >= 11 is 0. The van der Waals surface area contributed by atoms with Gasteiger partial charge in [-0.2, -0.15) is 0 Å². The Morgan fingerprint density at radius 1 is 0.823 bits per heavy atom. The molecule has 1 unspecified atom stereocenters. The number of aryl methyl sites for hydroxylation is 1. The van der Waals surface area contributed by atoms with Crippen molar-refractivity contribution in [1.82, 2.24) is 19.4 Å². The van der Waals surface area contributed by atoms with Gasteiger partial charge in [0.15, 0.2) is 0 Å². The molecule has 0 bridgehead atoms. The van der Waals surface area contributed by atoms with E-state index in [1.807, 2.05) is 53.7 Å². The summed E-state index contributed by atoms with van der Waals surface area (Å²) in [6.45, 7) is 17.9. The molecule has 2 aliphatic rings. The van der Waals surface area contributed by atoms with Gasteiger partial charge in [0.05, 0.1) is 47.8 Å². The third kappa shape index (κ3) is 16.1. The van der Waals surface area contributed by atoms with Crippen LogP contribution in [-0.2, 0) is 35.0 Å². The topological polar surface area (TPSA) is 194 Å². The first-order chi connectivity index (χ1) is 29.3. The zero-order chi connectivity index (χ0) is 46.0. The molecule has 2 saturated heterocycles. The zero-order valence-electron chi connectivity index (χ0n) is 38.5. The molecule has 3 N–H and O–H groups in total. The van der Waals surface area contributed by atoms with Gasteiger partial charge in [0, 0.05) is 64.8 Å². The smallest absolute Gasteiger partial charge is 0.410 e. The monoisotopic (exact) mass is 867 g/mol. The van der Waals surface area contributed by atoms with E-state index in [-0.39, 0.29) is 36.0 Å². The van der Waals surface area contributed by atoms with E-state index in [4.69, 9.17) is 29.7 Å². The van der Waals surface area contributed by atoms with Crippen molar-refractivity contribution >= 4 is 52.8 Å². The fourth-order valence-corrected chi connectivity index (χ4v) is 6.95. The summed E-state index contributed by atoms with van der Waals surface area (Å²) in [5.74, 6) is 0.283. The average Bonchev–Trinajstić information content (AvgIpc) is 3.61. The number of anilines is 2. The van der Waals surface area contributed by atoms with Crippen molar-refractivity contribution in [2.24, 2.45) is 5.92 Å². The number of nitrogens with one attached hydrogen (secondary N) is 1. The summed E-state index contributed by atoms with van der Waals surface area (Å²) in [5, 5.41) is 3.20. The maximum absolute atomic E-state index is 12.6. The summed E-state index contributed by atoms with van der Waals surface area (Å²) in [5.41, 5.74) is 8.96. The number of aldehydes is 1. The van der Waals surface area contributed by atoms with Crippen LogP contribution in [0, 0.1) is 5.92 Å². The highest BCUT2D eigenvalue weighted by atomic mass is 16.6. The molecule has 0 radical (unpaired) electrons. The second kappa shape index (κ2) is 24.3. The standard InChI is InChI=1S/C23H33N3O5.C12H18N2O2.C11H19NO3/c1-23(2,3)31-22(28)25-11-6-8-17(15-25)20-24-18-10-9-16(21(27)30-5)14-19(18)26(20)12-7-13-29-4;1-3-4-7-14-11-8-9(12(15)16-2)5-6-10(11)13;1-11(2,3)15-10(14)12-6-4-5-9(7-12)8-13/h9-10,14,17H,6-8,11-13,15H2,1-5H3;5-6,8,14H,3-4,7,13H2,1-2H3;8-9H,4-7H2,1-3H3/t;;9-/m..1/s1. The predicted octanol–water partition coefficient (Wildman–Crippen LogP) is 8.07. The number of fused-ring (bicyclic) bond motifs is 1. The largest absolute Gasteiger partial charge is 0.465 e. The number of amides is 2. The van der Waals surface area contributed by atoms with Crippen molar-refractivity contribution in [3.8, 4) is 0 Å². The highest BCUT2D eigenvalue weighted by Gasteiger charge is 2.32. The second-order valence-electron chi connectivity index (χ2n) is 17.5. The van der Waals surface area contributed by atoms with E-state index in [9.17, 15) is 24.0 Å². The summed E-state index contributed by atoms with van der Waals surface area (Å²) in [7, 11) is 4.42. The van der Waals surface area contributed by atoms with Crippen LogP contribution in [0.15, 0.2) is 36.4 Å². The Labute approximate surface area is 367 Å². The van der Waals surface area contributed by atoms with Crippen LogP contribution in [0.5, 0.6) is 0 Å². The molecule has 5 rings (SSSR count). The van der Waals surface area contributed by atoms with Gasteiger partial charge in [0.25, 0.3) is 0 Å². The fraction of sp³-hybridized carbons (Fsp3) is 0.609. The number of likely N-dealkylation sites (tertiary alicyclic amines) is 2. The Morgan fingerprint density at radius 3 is 1.97 bits per heavy atom. The molecule has 16 nitrogen and oxygen atoms in total. The lowest BCUT2D eigenvalue weighted by Gasteiger charge is -2.34. The normalized spacial score (nSPS) is 16.5. The number of imidazole rings is 1. The summed E-state index contributed by atoms with van der Waals surface area (Å²) in [6, 6.07) is 10.5. The van der Waals surface area contributed by atoms with Crippen molar-refractivity contribution in [2.75, 3.05) is 71.7 Å². The van der Waals surface area contributed by atoms with Gasteiger partial charge in [0.1, 0.15) is 23.3 Å². The minimum Gasteiger partial charge on any atom is -0.465 e. The summed E-state index contributed by atoms with van der Waals surface area (Å²) in [4.78, 5) is 66.6. The number of aromatic nitrogens is 2. The van der Waals surface area contributed by atoms with Gasteiger partial charge in [0.2, 0.25) is 0 Å². The molecule has 16 heteroatoms. The number of benzene rings is 2. The van der Waals surface area contributed by atoms with Crippen molar-refractivity contribution in [1.29, 1.82) is 0 Å². The Kier molecular flexibility index (Phi) is 20.0. The van der Waals surface area contributed by atoms with Crippen LogP contribution in [-0.4, -0.2) is 122 Å². The van der Waals surface area contributed by atoms with Gasteiger partial charge in [-0.25, -0.2) is 24.2 Å². The summed E-state index contributed by atoms with van der Waals surface area (Å²) in [6.07, 6.45) is 6.92. The van der Waals surface area contributed by atoms with Gasteiger partial charge < -0.3 is 53.9 Å². The molecule has 2 aliphatic heterocycles. The van der Waals surface area contributed by atoms with E-state index < -0.39 is 11.2 Å². The average molecular weight is 867 g/mol. The van der Waals surface area contributed by atoms with Crippen molar-refractivity contribution in [2.45, 2.75) is 117 Å². The van der Waals surface area contributed by atoms with Gasteiger partial charge in [-0.1, -0.05) is 13.3 Å². The Hall–Kier alpha value is -5.38. The number of hydrogen-bond acceptors (Lipinski definition) is 13. The molecular weight excluding hydrogens is 797 g/mol. The maximum Gasteiger partial charge on any atom is 0.410 e. The number of esters is 2. The van der Waals surface area contributed by atoms with Gasteiger partial charge in [-0.15, -0.1) is 0 Å². The van der Waals surface area contributed by atoms with Crippen molar-refractivity contribution in [3.05, 3.63) is 53.3 Å². The molecule has 2 atom stereocenters. The van der Waals surface area contributed by atoms with Crippen LogP contribution in [0.3, 0.4) is 0 Å². The maximum atomic E-state index is 12.6. The lowest BCUT2D eigenvalue weighted by atomic mass is 9.97. The highest BCUT2D eigenvalue weighted by molar-refractivity contribution is 5.94. The number of carbonyl (C=O) groups excluding carboxylic acids is 5. The van der Waals surface area contributed by atoms with Gasteiger partial charge >= 0.3 is 24.1 Å². The number of carbonyl (C=O) groups is 5. The first kappa shape index (κ1) is 51.0. The van der Waals surface area contributed by atoms with E-state index in [1.54, 1.807) is 41.2 Å². The minimum absolute atomic E-state index is 0.0220. The number of nitrogens with two attached hydrogens (primary N) is 1. The number of methoxy groups -OCH3 is 3. The molecule has 3 aromatic rings. The lowest BCUT2D eigenvalue weighted by molar-refractivity contribution is -0.112. The molecule has 344 valence electrons.